The zero-order valence-electron chi connectivity index (χ0n) is 25.3. The third kappa shape index (κ3) is 7.91. The number of esters is 4. The van der Waals surface area contributed by atoms with Crippen molar-refractivity contribution in [2.75, 3.05) is 13.7 Å². The monoisotopic (exact) mass is 610 g/mol. The van der Waals surface area contributed by atoms with Gasteiger partial charge in [-0.2, -0.15) is 0 Å². The van der Waals surface area contributed by atoms with Crippen molar-refractivity contribution in [1.82, 2.24) is 10.3 Å². The number of rotatable bonds is 9. The van der Waals surface area contributed by atoms with Crippen molar-refractivity contribution < 1.29 is 47.7 Å². The summed E-state index contributed by atoms with van der Waals surface area (Å²) in [6, 6.07) is 9.09. The number of benzene rings is 1. The lowest BCUT2D eigenvalue weighted by Crippen LogP contribution is -2.47. The molecule has 4 rings (SSSR count). The number of carbonyl (C=O) groups is 5. The number of methoxy groups -OCH3 is 1. The molecule has 2 unspecified atom stereocenters. The molecule has 2 aromatic rings. The molecule has 236 valence electrons. The molecule has 1 aliphatic heterocycles. The van der Waals surface area contributed by atoms with E-state index in [0.717, 1.165) is 18.4 Å². The Bertz CT molecular complexity index is 1360. The molecule has 1 aromatic carbocycles. The molecule has 4 atom stereocenters. The van der Waals surface area contributed by atoms with Crippen LogP contribution in [0.25, 0.3) is 0 Å². The number of nitrogens with one attached hydrogen (secondary N) is 1. The van der Waals surface area contributed by atoms with Crippen LogP contribution in [0.2, 0.25) is 0 Å². The van der Waals surface area contributed by atoms with Crippen molar-refractivity contribution in [1.29, 1.82) is 0 Å². The van der Waals surface area contributed by atoms with Crippen LogP contribution in [0.3, 0.4) is 0 Å². The summed E-state index contributed by atoms with van der Waals surface area (Å²) in [7, 11) is 1.36. The quantitative estimate of drug-likeness (QED) is 0.329. The molecule has 0 spiro atoms. The third-order valence-electron chi connectivity index (χ3n) is 7.66. The fraction of sp³-hybridized carbons (Fsp3) is 0.500. The number of aromatic nitrogens is 1. The van der Waals surface area contributed by atoms with Gasteiger partial charge in [0.05, 0.1) is 18.9 Å². The Morgan fingerprint density at radius 1 is 1.05 bits per heavy atom. The van der Waals surface area contributed by atoms with Gasteiger partial charge in [-0.1, -0.05) is 57.0 Å². The van der Waals surface area contributed by atoms with Gasteiger partial charge in [0.25, 0.3) is 5.91 Å². The summed E-state index contributed by atoms with van der Waals surface area (Å²) < 4.78 is 27.8. The smallest absolute Gasteiger partial charge is 0.332 e. The van der Waals surface area contributed by atoms with Crippen molar-refractivity contribution >= 4 is 29.8 Å². The van der Waals surface area contributed by atoms with Gasteiger partial charge < -0.3 is 29.0 Å². The molecule has 12 nitrogen and oxygen atoms in total. The van der Waals surface area contributed by atoms with Gasteiger partial charge >= 0.3 is 23.9 Å². The first-order valence-electron chi connectivity index (χ1n) is 14.8. The lowest BCUT2D eigenvalue weighted by atomic mass is 9.91. The van der Waals surface area contributed by atoms with Gasteiger partial charge in [0.15, 0.2) is 23.6 Å². The van der Waals surface area contributed by atoms with E-state index in [1.165, 1.54) is 26.3 Å². The molecule has 1 amide bonds. The minimum absolute atomic E-state index is 0.104. The van der Waals surface area contributed by atoms with E-state index in [2.05, 4.69) is 10.3 Å². The van der Waals surface area contributed by atoms with Gasteiger partial charge in [0.1, 0.15) is 18.6 Å². The van der Waals surface area contributed by atoms with Gasteiger partial charge in [0, 0.05) is 12.3 Å². The summed E-state index contributed by atoms with van der Waals surface area (Å²) in [6.07, 6.45) is 2.39. The number of hydrogen-bond donors (Lipinski definition) is 1. The zero-order valence-corrected chi connectivity index (χ0v) is 25.3. The molecule has 44 heavy (non-hydrogen) atoms. The Kier molecular flexibility index (Phi) is 10.9. The maximum absolute atomic E-state index is 13.4. The van der Waals surface area contributed by atoms with E-state index in [0.29, 0.717) is 12.8 Å². The molecule has 1 N–H and O–H groups in total. The average Bonchev–Trinajstić information content (AvgIpc) is 3.56. The van der Waals surface area contributed by atoms with Crippen molar-refractivity contribution in [3.05, 3.63) is 53.9 Å². The van der Waals surface area contributed by atoms with Gasteiger partial charge in [0.2, 0.25) is 5.75 Å². The molecular weight excluding hydrogens is 572 g/mol. The Morgan fingerprint density at radius 2 is 1.75 bits per heavy atom. The zero-order chi connectivity index (χ0) is 31.8. The Morgan fingerprint density at radius 3 is 2.41 bits per heavy atom. The van der Waals surface area contributed by atoms with E-state index in [9.17, 15) is 24.0 Å². The Labute approximate surface area is 255 Å². The summed E-state index contributed by atoms with van der Waals surface area (Å²) in [6.45, 7) is 4.25. The van der Waals surface area contributed by atoms with E-state index in [1.807, 2.05) is 30.3 Å². The second-order valence-corrected chi connectivity index (χ2v) is 11.2. The molecule has 2 heterocycles. The van der Waals surface area contributed by atoms with Crippen LogP contribution in [-0.2, 0) is 39.8 Å². The molecule has 1 aliphatic carbocycles. The largest absolute Gasteiger partial charge is 0.493 e. The van der Waals surface area contributed by atoms with Crippen molar-refractivity contribution in [2.45, 2.75) is 71.1 Å². The van der Waals surface area contributed by atoms with Crippen LogP contribution in [0, 0.1) is 17.8 Å². The maximum atomic E-state index is 13.4. The van der Waals surface area contributed by atoms with Crippen LogP contribution in [-0.4, -0.2) is 66.7 Å². The van der Waals surface area contributed by atoms with Gasteiger partial charge in [-0.25, -0.2) is 9.78 Å². The molecule has 0 bridgehead atoms. The van der Waals surface area contributed by atoms with Crippen molar-refractivity contribution in [2.24, 2.45) is 17.8 Å². The molecule has 0 radical (unpaired) electrons. The van der Waals surface area contributed by atoms with Crippen LogP contribution in [0.5, 0.6) is 11.5 Å². The minimum Gasteiger partial charge on any atom is -0.493 e. The van der Waals surface area contributed by atoms with E-state index in [1.54, 1.807) is 13.8 Å². The number of ether oxygens (including phenoxy) is 5. The molecule has 1 aromatic heterocycles. The first-order valence-corrected chi connectivity index (χ1v) is 14.8. The summed E-state index contributed by atoms with van der Waals surface area (Å²) in [5, 5.41) is 2.49. The van der Waals surface area contributed by atoms with E-state index in [-0.39, 0.29) is 29.5 Å². The SMILES string of the molecule is COc1ccnc(C(=O)NC2COC(=O)[C@H](Cc3ccccc3)C(OC(=O)C(C)C)[C@H](C)OC2=O)c1OC(=O)C1CCCC1. The molecule has 2 aliphatic rings. The fourth-order valence-electron chi connectivity index (χ4n) is 5.17. The number of nitrogens with zero attached hydrogens (tertiary/aromatic N) is 1. The highest BCUT2D eigenvalue weighted by Crippen LogP contribution is 2.33. The summed E-state index contributed by atoms with van der Waals surface area (Å²) in [5.74, 6) is -5.49. The first kappa shape index (κ1) is 32.4. The van der Waals surface area contributed by atoms with Crippen LogP contribution in [0.4, 0.5) is 0 Å². The first-order chi connectivity index (χ1) is 21.1. The standard InChI is InChI=1S/C32H38N2O10/c1-18(2)29(36)43-26-19(3)42-32(39)23(17-41-31(38)22(26)16-20-10-6-5-7-11-20)34-28(35)25-27(24(40-4)14-15-33-25)44-30(37)21-12-8-9-13-21/h5-7,10-11,14-15,18-19,21-23,26H,8-9,12-13,16-17H2,1-4H3,(H,34,35)/t19-,22+,23?,26?/m0/s1. The fourth-order valence-corrected chi connectivity index (χ4v) is 5.17. The highest BCUT2D eigenvalue weighted by atomic mass is 16.6. The van der Waals surface area contributed by atoms with Crippen LogP contribution in [0.15, 0.2) is 42.6 Å². The van der Waals surface area contributed by atoms with E-state index < -0.39 is 66.5 Å². The lowest BCUT2D eigenvalue weighted by Gasteiger charge is -2.29. The molecule has 12 heteroatoms. The highest BCUT2D eigenvalue weighted by Gasteiger charge is 2.42. The average molecular weight is 611 g/mol. The predicted molar refractivity (Wildman–Crippen MR) is 155 cm³/mol. The predicted octanol–water partition coefficient (Wildman–Crippen LogP) is 3.20. The van der Waals surface area contributed by atoms with Gasteiger partial charge in [-0.3, -0.25) is 19.2 Å². The second kappa shape index (κ2) is 14.8. The van der Waals surface area contributed by atoms with Gasteiger partial charge in [-0.05, 0) is 31.7 Å². The molecular formula is C32H38N2O10. The third-order valence-corrected chi connectivity index (χ3v) is 7.66. The van der Waals surface area contributed by atoms with E-state index >= 15 is 0 Å². The Hall–Kier alpha value is -4.48. The molecule has 1 saturated carbocycles. The maximum Gasteiger partial charge on any atom is 0.332 e. The second-order valence-electron chi connectivity index (χ2n) is 11.2. The number of cyclic esters (lactones) is 2. The number of hydrogen-bond acceptors (Lipinski definition) is 11. The van der Waals surface area contributed by atoms with Crippen molar-refractivity contribution in [3.8, 4) is 11.5 Å². The van der Waals surface area contributed by atoms with E-state index in [4.69, 9.17) is 23.7 Å². The minimum atomic E-state index is -1.45. The highest BCUT2D eigenvalue weighted by molar-refractivity contribution is 5.99. The summed E-state index contributed by atoms with van der Waals surface area (Å²) in [5.41, 5.74) is 0.486. The number of amides is 1. The van der Waals surface area contributed by atoms with Gasteiger partial charge in [-0.15, -0.1) is 0 Å². The number of carbonyl (C=O) groups excluding carboxylic acids is 5. The topological polar surface area (TPSA) is 156 Å². The Balaban J connectivity index is 1.57. The lowest BCUT2D eigenvalue weighted by molar-refractivity contribution is -0.176. The van der Waals surface area contributed by atoms with Crippen LogP contribution < -0.4 is 14.8 Å². The summed E-state index contributed by atoms with van der Waals surface area (Å²) in [4.78, 5) is 69.7. The molecule has 2 fully saturated rings. The van der Waals surface area contributed by atoms with Crippen LogP contribution >= 0.6 is 0 Å². The number of pyridine rings is 1. The molecule has 1 saturated heterocycles. The normalized spacial score (nSPS) is 22.6. The summed E-state index contributed by atoms with van der Waals surface area (Å²) >= 11 is 0. The van der Waals surface area contributed by atoms with Crippen LogP contribution in [0.1, 0.15) is 62.5 Å². The van der Waals surface area contributed by atoms with Crippen molar-refractivity contribution in [3.63, 3.8) is 0 Å².